The Morgan fingerprint density at radius 3 is 2.48 bits per heavy atom. The zero-order valence-electron chi connectivity index (χ0n) is 14.9. The summed E-state index contributed by atoms with van der Waals surface area (Å²) in [6.45, 7) is 6.72. The number of nitrogens with one attached hydrogen (secondary N) is 2. The maximum Gasteiger partial charge on any atom is 0.269 e. The van der Waals surface area contributed by atoms with Crippen LogP contribution in [-0.2, 0) is 13.0 Å². The number of benzene rings is 2. The highest BCUT2D eigenvalue weighted by Crippen LogP contribution is 2.23. The van der Waals surface area contributed by atoms with E-state index in [0.717, 1.165) is 28.8 Å². The minimum atomic E-state index is -0.149. The fraction of sp³-hybridized carbons (Fsp3) is 0.238. The summed E-state index contributed by atoms with van der Waals surface area (Å²) in [7, 11) is 0. The fourth-order valence-electron chi connectivity index (χ4n) is 2.76. The van der Waals surface area contributed by atoms with Crippen LogP contribution in [0.2, 0.25) is 0 Å². The molecule has 0 aliphatic heterocycles. The first-order valence-corrected chi connectivity index (χ1v) is 8.56. The number of aryl methyl sites for hydroxylation is 3. The van der Waals surface area contributed by atoms with Crippen molar-refractivity contribution in [2.75, 3.05) is 0 Å². The Labute approximate surface area is 148 Å². The Morgan fingerprint density at radius 2 is 1.76 bits per heavy atom. The van der Waals surface area contributed by atoms with E-state index >= 15 is 0 Å². The molecule has 0 fully saturated rings. The van der Waals surface area contributed by atoms with Gasteiger partial charge in [-0.2, -0.15) is 5.10 Å². The van der Waals surface area contributed by atoms with Crippen LogP contribution in [0.5, 0.6) is 0 Å². The second kappa shape index (κ2) is 7.34. The lowest BCUT2D eigenvalue weighted by molar-refractivity contribution is 0.0946. The van der Waals surface area contributed by atoms with Gasteiger partial charge in [-0.15, -0.1) is 0 Å². The molecule has 0 aliphatic rings. The third kappa shape index (κ3) is 3.97. The number of aromatic amines is 1. The quantitative estimate of drug-likeness (QED) is 0.735. The van der Waals surface area contributed by atoms with Gasteiger partial charge in [0.05, 0.1) is 5.69 Å². The highest BCUT2D eigenvalue weighted by molar-refractivity contribution is 5.93. The van der Waals surface area contributed by atoms with E-state index in [9.17, 15) is 4.79 Å². The van der Waals surface area contributed by atoms with Gasteiger partial charge in [0, 0.05) is 12.1 Å². The number of carbonyl (C=O) groups is 1. The van der Waals surface area contributed by atoms with Gasteiger partial charge in [-0.3, -0.25) is 9.89 Å². The molecule has 4 heteroatoms. The molecule has 1 heterocycles. The van der Waals surface area contributed by atoms with Crippen LogP contribution in [-0.4, -0.2) is 16.1 Å². The second-order valence-corrected chi connectivity index (χ2v) is 6.34. The number of carbonyl (C=O) groups excluding carboxylic acids is 1. The van der Waals surface area contributed by atoms with Crippen LogP contribution in [0.3, 0.4) is 0 Å². The zero-order valence-corrected chi connectivity index (χ0v) is 14.9. The summed E-state index contributed by atoms with van der Waals surface area (Å²) in [5.74, 6) is -0.149. The van der Waals surface area contributed by atoms with Crippen LogP contribution in [0.25, 0.3) is 11.3 Å². The molecule has 4 nitrogen and oxygen atoms in total. The lowest BCUT2D eigenvalue weighted by atomic mass is 10.0. The van der Waals surface area contributed by atoms with Crippen LogP contribution in [0.15, 0.2) is 48.5 Å². The first kappa shape index (κ1) is 17.0. The van der Waals surface area contributed by atoms with Crippen molar-refractivity contribution in [3.8, 4) is 11.3 Å². The molecule has 0 atom stereocenters. The molecule has 25 heavy (non-hydrogen) atoms. The molecular formula is C21H23N3O. The Hall–Kier alpha value is -2.88. The van der Waals surface area contributed by atoms with Crippen LogP contribution < -0.4 is 5.32 Å². The number of H-pyrrole nitrogens is 1. The lowest BCUT2D eigenvalue weighted by Crippen LogP contribution is -2.23. The van der Waals surface area contributed by atoms with E-state index in [1.807, 2.05) is 26.0 Å². The molecule has 3 rings (SSSR count). The summed E-state index contributed by atoms with van der Waals surface area (Å²) < 4.78 is 0. The molecule has 0 saturated heterocycles. The second-order valence-electron chi connectivity index (χ2n) is 6.34. The number of aromatic nitrogens is 2. The summed E-state index contributed by atoms with van der Waals surface area (Å²) in [6, 6.07) is 16.3. The zero-order chi connectivity index (χ0) is 17.8. The Kier molecular flexibility index (Phi) is 4.98. The molecule has 0 unspecified atom stereocenters. The Bertz CT molecular complexity index is 878. The van der Waals surface area contributed by atoms with Crippen molar-refractivity contribution in [1.29, 1.82) is 0 Å². The van der Waals surface area contributed by atoms with Crippen molar-refractivity contribution < 1.29 is 4.79 Å². The van der Waals surface area contributed by atoms with Crippen molar-refractivity contribution in [2.45, 2.75) is 33.7 Å². The molecule has 0 saturated carbocycles. The maximum absolute atomic E-state index is 12.4. The van der Waals surface area contributed by atoms with Crippen LogP contribution in [0.1, 0.15) is 39.7 Å². The number of nitrogens with zero attached hydrogens (tertiary/aromatic N) is 1. The molecular weight excluding hydrogens is 310 g/mol. The molecule has 3 aromatic rings. The van der Waals surface area contributed by atoms with Gasteiger partial charge >= 0.3 is 0 Å². The van der Waals surface area contributed by atoms with Crippen LogP contribution in [0, 0.1) is 13.8 Å². The van der Waals surface area contributed by atoms with Gasteiger partial charge in [0.15, 0.2) is 0 Å². The van der Waals surface area contributed by atoms with E-state index < -0.39 is 0 Å². The van der Waals surface area contributed by atoms with E-state index in [-0.39, 0.29) is 5.91 Å². The predicted octanol–water partition coefficient (Wildman–Crippen LogP) is 4.19. The van der Waals surface area contributed by atoms with Gasteiger partial charge in [-0.1, -0.05) is 48.9 Å². The highest BCUT2D eigenvalue weighted by Gasteiger charge is 2.12. The average molecular weight is 333 g/mol. The average Bonchev–Trinajstić information content (AvgIpc) is 3.12. The minimum absolute atomic E-state index is 0.149. The van der Waals surface area contributed by atoms with Gasteiger partial charge in [-0.05, 0) is 49.1 Å². The highest BCUT2D eigenvalue weighted by atomic mass is 16.1. The van der Waals surface area contributed by atoms with Crippen molar-refractivity contribution in [3.63, 3.8) is 0 Å². The van der Waals surface area contributed by atoms with E-state index in [2.05, 4.69) is 52.8 Å². The number of amides is 1. The van der Waals surface area contributed by atoms with E-state index in [1.165, 1.54) is 11.1 Å². The molecule has 128 valence electrons. The van der Waals surface area contributed by atoms with Gasteiger partial charge in [0.2, 0.25) is 0 Å². The van der Waals surface area contributed by atoms with E-state index in [0.29, 0.717) is 12.2 Å². The third-order valence-corrected chi connectivity index (χ3v) is 4.38. The molecule has 2 N–H and O–H groups in total. The molecule has 2 aromatic carbocycles. The van der Waals surface area contributed by atoms with Crippen molar-refractivity contribution in [1.82, 2.24) is 15.5 Å². The lowest BCUT2D eigenvalue weighted by Gasteiger charge is -2.05. The summed E-state index contributed by atoms with van der Waals surface area (Å²) in [4.78, 5) is 12.4. The SMILES string of the molecule is CCc1ccc(CNC(=O)c2cc(-c3cc(C)ccc3C)n[nH]2)cc1. The summed E-state index contributed by atoms with van der Waals surface area (Å²) in [5, 5.41) is 10.1. The van der Waals surface area contributed by atoms with Crippen molar-refractivity contribution in [3.05, 3.63) is 76.5 Å². The van der Waals surface area contributed by atoms with Crippen molar-refractivity contribution >= 4 is 5.91 Å². The van der Waals surface area contributed by atoms with Crippen LogP contribution >= 0.6 is 0 Å². The molecule has 1 aromatic heterocycles. The summed E-state index contributed by atoms with van der Waals surface area (Å²) >= 11 is 0. The van der Waals surface area contributed by atoms with Gasteiger partial charge in [0.25, 0.3) is 5.91 Å². The Morgan fingerprint density at radius 1 is 1.04 bits per heavy atom. The molecule has 1 amide bonds. The fourth-order valence-corrected chi connectivity index (χ4v) is 2.76. The number of rotatable bonds is 5. The third-order valence-electron chi connectivity index (χ3n) is 4.38. The summed E-state index contributed by atoms with van der Waals surface area (Å²) in [5.41, 5.74) is 7.00. The Balaban J connectivity index is 1.69. The molecule has 0 radical (unpaired) electrons. The molecule has 0 spiro atoms. The predicted molar refractivity (Wildman–Crippen MR) is 100 cm³/mol. The molecule has 0 aliphatic carbocycles. The minimum Gasteiger partial charge on any atom is -0.347 e. The first-order chi connectivity index (χ1) is 12.1. The van der Waals surface area contributed by atoms with Gasteiger partial charge in [0.1, 0.15) is 5.69 Å². The first-order valence-electron chi connectivity index (χ1n) is 8.56. The van der Waals surface area contributed by atoms with Gasteiger partial charge < -0.3 is 5.32 Å². The van der Waals surface area contributed by atoms with E-state index in [4.69, 9.17) is 0 Å². The normalized spacial score (nSPS) is 10.7. The monoisotopic (exact) mass is 333 g/mol. The number of hydrogen-bond donors (Lipinski definition) is 2. The smallest absolute Gasteiger partial charge is 0.269 e. The van der Waals surface area contributed by atoms with Gasteiger partial charge in [-0.25, -0.2) is 0 Å². The molecule has 0 bridgehead atoms. The van der Waals surface area contributed by atoms with E-state index in [1.54, 1.807) is 6.07 Å². The van der Waals surface area contributed by atoms with Crippen LogP contribution in [0.4, 0.5) is 0 Å². The largest absolute Gasteiger partial charge is 0.347 e. The van der Waals surface area contributed by atoms with Crippen molar-refractivity contribution in [2.24, 2.45) is 0 Å². The topological polar surface area (TPSA) is 57.8 Å². The summed E-state index contributed by atoms with van der Waals surface area (Å²) in [6.07, 6.45) is 1.02. The standard InChI is InChI=1S/C21H23N3O/c1-4-16-7-9-17(10-8-16)13-22-21(25)20-12-19(23-24-20)18-11-14(2)5-6-15(18)3/h5-12H,4,13H2,1-3H3,(H,22,25)(H,23,24). The maximum atomic E-state index is 12.4. The number of hydrogen-bond acceptors (Lipinski definition) is 2.